The van der Waals surface area contributed by atoms with Gasteiger partial charge in [-0.3, -0.25) is 4.99 Å². The van der Waals surface area contributed by atoms with Gasteiger partial charge in [-0.1, -0.05) is 12.1 Å². The highest BCUT2D eigenvalue weighted by Crippen LogP contribution is 2.47. The molecule has 3 rings (SSSR count). The predicted octanol–water partition coefficient (Wildman–Crippen LogP) is 3.28. The summed E-state index contributed by atoms with van der Waals surface area (Å²) in [7, 11) is 1.77. The van der Waals surface area contributed by atoms with E-state index in [2.05, 4.69) is 32.5 Å². The first-order valence-corrected chi connectivity index (χ1v) is 8.38. The third-order valence-electron chi connectivity index (χ3n) is 4.15. The molecule has 1 saturated carbocycles. The molecule has 1 aliphatic carbocycles. The number of rotatable bonds is 5. The van der Waals surface area contributed by atoms with Crippen LogP contribution < -0.4 is 10.6 Å². The van der Waals surface area contributed by atoms with E-state index in [0.717, 1.165) is 37.5 Å². The Morgan fingerprint density at radius 3 is 2.82 bits per heavy atom. The van der Waals surface area contributed by atoms with Crippen LogP contribution in [-0.4, -0.2) is 19.6 Å². The van der Waals surface area contributed by atoms with Gasteiger partial charge in [0.25, 0.3) is 0 Å². The van der Waals surface area contributed by atoms with Gasteiger partial charge in [0.1, 0.15) is 5.82 Å². The number of aliphatic imine (C=N–C) groups is 1. The molecule has 0 radical (unpaired) electrons. The molecule has 1 fully saturated rings. The average Bonchev–Trinajstić information content (AvgIpc) is 3.14. The highest BCUT2D eigenvalue weighted by molar-refractivity contribution is 7.07. The second-order valence-corrected chi connectivity index (χ2v) is 6.48. The van der Waals surface area contributed by atoms with Crippen LogP contribution in [0.1, 0.15) is 24.0 Å². The van der Waals surface area contributed by atoms with Gasteiger partial charge in [-0.2, -0.15) is 11.3 Å². The number of thiophene rings is 1. The maximum absolute atomic E-state index is 13.4. The maximum atomic E-state index is 13.4. The first kappa shape index (κ1) is 15.0. The maximum Gasteiger partial charge on any atom is 0.191 e. The lowest BCUT2D eigenvalue weighted by atomic mass is 9.96. The van der Waals surface area contributed by atoms with Crippen molar-refractivity contribution in [2.75, 3.05) is 13.6 Å². The molecule has 0 amide bonds. The molecule has 1 heterocycles. The first-order valence-electron chi connectivity index (χ1n) is 7.43. The molecule has 0 atom stereocenters. The second-order valence-electron chi connectivity index (χ2n) is 5.70. The minimum atomic E-state index is -0.163. The Kier molecular flexibility index (Phi) is 4.43. The normalized spacial score (nSPS) is 16.4. The Bertz CT molecular complexity index is 648. The fourth-order valence-corrected chi connectivity index (χ4v) is 3.26. The third kappa shape index (κ3) is 3.47. The van der Waals surface area contributed by atoms with E-state index in [0.29, 0.717) is 0 Å². The van der Waals surface area contributed by atoms with Crippen molar-refractivity contribution in [2.45, 2.75) is 24.8 Å². The smallest absolute Gasteiger partial charge is 0.191 e. The highest BCUT2D eigenvalue weighted by atomic mass is 32.1. The average molecular weight is 317 g/mol. The van der Waals surface area contributed by atoms with Crippen molar-refractivity contribution in [3.05, 3.63) is 58.0 Å². The Hall–Kier alpha value is -1.88. The predicted molar refractivity (Wildman–Crippen MR) is 89.8 cm³/mol. The summed E-state index contributed by atoms with van der Waals surface area (Å²) in [5, 5.41) is 10.9. The zero-order valence-electron chi connectivity index (χ0n) is 12.6. The van der Waals surface area contributed by atoms with Crippen LogP contribution in [-0.2, 0) is 12.0 Å². The van der Waals surface area contributed by atoms with Crippen LogP contribution in [0.2, 0.25) is 0 Å². The van der Waals surface area contributed by atoms with Crippen molar-refractivity contribution in [3.8, 4) is 0 Å². The van der Waals surface area contributed by atoms with Crippen LogP contribution >= 0.6 is 11.3 Å². The quantitative estimate of drug-likeness (QED) is 0.656. The molecule has 0 unspecified atom stereocenters. The van der Waals surface area contributed by atoms with E-state index in [9.17, 15) is 4.39 Å². The summed E-state index contributed by atoms with van der Waals surface area (Å²) in [6.45, 7) is 1.54. The summed E-state index contributed by atoms with van der Waals surface area (Å²) in [6, 6.07) is 9.04. The zero-order chi connectivity index (χ0) is 15.4. The monoisotopic (exact) mass is 317 g/mol. The Morgan fingerprint density at radius 1 is 1.32 bits per heavy atom. The van der Waals surface area contributed by atoms with E-state index in [1.165, 1.54) is 11.6 Å². The number of guanidine groups is 1. The molecule has 116 valence electrons. The minimum absolute atomic E-state index is 0.0576. The second kappa shape index (κ2) is 6.48. The topological polar surface area (TPSA) is 36.4 Å². The van der Waals surface area contributed by atoms with Crippen molar-refractivity contribution >= 4 is 17.3 Å². The van der Waals surface area contributed by atoms with Crippen molar-refractivity contribution in [2.24, 2.45) is 4.99 Å². The van der Waals surface area contributed by atoms with Gasteiger partial charge in [0.15, 0.2) is 5.96 Å². The Morgan fingerprint density at radius 2 is 2.18 bits per heavy atom. The van der Waals surface area contributed by atoms with E-state index in [1.54, 1.807) is 30.5 Å². The molecule has 1 aliphatic rings. The molecular formula is C17H20FN3S. The van der Waals surface area contributed by atoms with Gasteiger partial charge in [-0.15, -0.1) is 0 Å². The van der Waals surface area contributed by atoms with Crippen LogP contribution in [0.4, 0.5) is 4.39 Å². The molecule has 0 aliphatic heterocycles. The van der Waals surface area contributed by atoms with Crippen molar-refractivity contribution < 1.29 is 4.39 Å². The number of nitrogens with zero attached hydrogens (tertiary/aromatic N) is 1. The molecule has 0 spiro atoms. The van der Waals surface area contributed by atoms with E-state index in [1.807, 2.05) is 6.07 Å². The number of hydrogen-bond acceptors (Lipinski definition) is 2. The molecular weight excluding hydrogens is 297 g/mol. The van der Waals surface area contributed by atoms with Gasteiger partial charge in [-0.05, 0) is 52.9 Å². The third-order valence-corrected chi connectivity index (χ3v) is 4.88. The minimum Gasteiger partial charge on any atom is -0.356 e. The van der Waals surface area contributed by atoms with Gasteiger partial charge in [0.2, 0.25) is 0 Å². The van der Waals surface area contributed by atoms with E-state index in [4.69, 9.17) is 0 Å². The lowest BCUT2D eigenvalue weighted by Crippen LogP contribution is -2.40. The van der Waals surface area contributed by atoms with Gasteiger partial charge in [0.05, 0.1) is 0 Å². The largest absolute Gasteiger partial charge is 0.356 e. The van der Waals surface area contributed by atoms with Crippen LogP contribution in [0.25, 0.3) is 0 Å². The number of nitrogens with one attached hydrogen (secondary N) is 2. The van der Waals surface area contributed by atoms with Crippen LogP contribution in [0.3, 0.4) is 0 Å². The Balaban J connectivity index is 1.56. The molecule has 0 saturated heterocycles. The number of benzene rings is 1. The van der Waals surface area contributed by atoms with E-state index in [-0.39, 0.29) is 11.2 Å². The summed E-state index contributed by atoms with van der Waals surface area (Å²) < 4.78 is 13.4. The van der Waals surface area contributed by atoms with Crippen molar-refractivity contribution in [1.29, 1.82) is 0 Å². The molecule has 0 bridgehead atoms. The Labute approximate surface area is 134 Å². The van der Waals surface area contributed by atoms with Crippen molar-refractivity contribution in [3.63, 3.8) is 0 Å². The van der Waals surface area contributed by atoms with Crippen LogP contribution in [0.5, 0.6) is 0 Å². The van der Waals surface area contributed by atoms with Crippen LogP contribution in [0, 0.1) is 5.82 Å². The molecule has 2 aromatic rings. The standard InChI is InChI=1S/C17H20FN3S/c1-19-16(20-10-13-5-8-22-11-13)21-12-17(6-7-17)14-3-2-4-15(18)9-14/h2-5,8-9,11H,6-7,10,12H2,1H3,(H2,19,20,21). The fraction of sp³-hybridized carbons (Fsp3) is 0.353. The highest BCUT2D eigenvalue weighted by Gasteiger charge is 2.44. The SMILES string of the molecule is CN=C(NCc1ccsc1)NCC1(c2cccc(F)c2)CC1. The fourth-order valence-electron chi connectivity index (χ4n) is 2.59. The lowest BCUT2D eigenvalue weighted by molar-refractivity contribution is 0.607. The molecule has 5 heteroatoms. The summed E-state index contributed by atoms with van der Waals surface area (Å²) in [6.07, 6.45) is 2.18. The summed E-state index contributed by atoms with van der Waals surface area (Å²) in [4.78, 5) is 4.25. The molecule has 1 aromatic carbocycles. The van der Waals surface area contributed by atoms with E-state index >= 15 is 0 Å². The lowest BCUT2D eigenvalue weighted by Gasteiger charge is -2.19. The van der Waals surface area contributed by atoms with Gasteiger partial charge in [-0.25, -0.2) is 4.39 Å². The number of hydrogen-bond donors (Lipinski definition) is 2. The van der Waals surface area contributed by atoms with Gasteiger partial charge >= 0.3 is 0 Å². The van der Waals surface area contributed by atoms with E-state index < -0.39 is 0 Å². The molecule has 22 heavy (non-hydrogen) atoms. The molecule has 1 aromatic heterocycles. The summed E-state index contributed by atoms with van der Waals surface area (Å²) in [5.74, 6) is 0.623. The van der Waals surface area contributed by atoms with Crippen molar-refractivity contribution in [1.82, 2.24) is 10.6 Å². The number of halogens is 1. The van der Waals surface area contributed by atoms with Gasteiger partial charge in [0, 0.05) is 25.6 Å². The van der Waals surface area contributed by atoms with Gasteiger partial charge < -0.3 is 10.6 Å². The summed E-state index contributed by atoms with van der Waals surface area (Å²) in [5.41, 5.74) is 2.38. The molecule has 3 nitrogen and oxygen atoms in total. The first-order chi connectivity index (χ1) is 10.7. The summed E-state index contributed by atoms with van der Waals surface area (Å²) >= 11 is 1.69. The molecule has 2 N–H and O–H groups in total. The van der Waals surface area contributed by atoms with Crippen LogP contribution in [0.15, 0.2) is 46.1 Å². The zero-order valence-corrected chi connectivity index (χ0v) is 13.4.